The zero-order chi connectivity index (χ0) is 16.4. The number of rotatable bonds is 2. The first-order chi connectivity index (χ1) is 11.1. The fourth-order valence-electron chi connectivity index (χ4n) is 3.41. The van der Waals surface area contributed by atoms with Crippen molar-refractivity contribution in [1.29, 1.82) is 0 Å². The maximum atomic E-state index is 12.8. The molecule has 7 nitrogen and oxygen atoms in total. The number of morpholine rings is 1. The number of piperidine rings is 1. The molecule has 3 heterocycles. The van der Waals surface area contributed by atoms with E-state index in [-0.39, 0.29) is 17.7 Å². The van der Waals surface area contributed by atoms with Gasteiger partial charge in [0.1, 0.15) is 5.69 Å². The van der Waals surface area contributed by atoms with Crippen LogP contribution in [-0.4, -0.2) is 70.6 Å². The highest BCUT2D eigenvalue weighted by Gasteiger charge is 2.33. The van der Waals surface area contributed by atoms with Crippen LogP contribution in [0.15, 0.2) is 6.33 Å². The van der Waals surface area contributed by atoms with E-state index in [9.17, 15) is 9.59 Å². The van der Waals surface area contributed by atoms with Crippen molar-refractivity contribution in [2.45, 2.75) is 19.8 Å². The molecule has 0 aromatic carbocycles. The van der Waals surface area contributed by atoms with Gasteiger partial charge in [0.15, 0.2) is 0 Å². The maximum Gasteiger partial charge on any atom is 0.272 e. The van der Waals surface area contributed by atoms with E-state index in [0.717, 1.165) is 18.5 Å². The van der Waals surface area contributed by atoms with Crippen LogP contribution in [0.2, 0.25) is 0 Å². The Morgan fingerprint density at radius 1 is 1.22 bits per heavy atom. The minimum atomic E-state index is -0.0978. The lowest BCUT2D eigenvalue weighted by molar-refractivity contribution is -0.141. The molecule has 0 bridgehead atoms. The molecule has 126 valence electrons. The fourth-order valence-corrected chi connectivity index (χ4v) is 3.41. The largest absolute Gasteiger partial charge is 0.378 e. The number of carbonyl (C=O) groups is 2. The van der Waals surface area contributed by atoms with Crippen LogP contribution in [0.25, 0.3) is 0 Å². The molecule has 2 aliphatic heterocycles. The third kappa shape index (κ3) is 3.24. The number of ether oxygens (including phenoxy) is 1. The predicted molar refractivity (Wildman–Crippen MR) is 84.0 cm³/mol. The molecule has 0 radical (unpaired) electrons. The van der Waals surface area contributed by atoms with Gasteiger partial charge in [0.05, 0.1) is 31.2 Å². The Morgan fingerprint density at radius 2 is 1.96 bits per heavy atom. The number of hydrogen-bond donors (Lipinski definition) is 0. The molecule has 0 N–H and O–H groups in total. The lowest BCUT2D eigenvalue weighted by Gasteiger charge is -2.36. The van der Waals surface area contributed by atoms with E-state index >= 15 is 0 Å². The summed E-state index contributed by atoms with van der Waals surface area (Å²) in [6, 6.07) is 0. The van der Waals surface area contributed by atoms with Gasteiger partial charge in [0, 0.05) is 33.2 Å². The lowest BCUT2D eigenvalue weighted by atomic mass is 9.96. The molecule has 2 saturated heterocycles. The van der Waals surface area contributed by atoms with E-state index in [1.54, 1.807) is 15.8 Å². The number of hydrogen-bond acceptors (Lipinski definition) is 4. The van der Waals surface area contributed by atoms with Crippen LogP contribution in [0.1, 0.15) is 29.0 Å². The van der Waals surface area contributed by atoms with Crippen LogP contribution in [0.5, 0.6) is 0 Å². The average Bonchev–Trinajstić information content (AvgIpc) is 2.93. The highest BCUT2D eigenvalue weighted by atomic mass is 16.5. The van der Waals surface area contributed by atoms with Gasteiger partial charge in [-0.1, -0.05) is 0 Å². The second-order valence-corrected chi connectivity index (χ2v) is 6.32. The van der Waals surface area contributed by atoms with E-state index in [4.69, 9.17) is 4.74 Å². The minimum Gasteiger partial charge on any atom is -0.378 e. The Hall–Kier alpha value is -1.89. The highest BCUT2D eigenvalue weighted by Crippen LogP contribution is 2.22. The summed E-state index contributed by atoms with van der Waals surface area (Å²) >= 11 is 0. The predicted octanol–water partition coefficient (Wildman–Crippen LogP) is 0.440. The molecule has 0 unspecified atom stereocenters. The van der Waals surface area contributed by atoms with Crippen molar-refractivity contribution >= 4 is 11.8 Å². The summed E-state index contributed by atoms with van der Waals surface area (Å²) in [7, 11) is 1.83. The number of aryl methyl sites for hydroxylation is 2. The molecule has 2 amide bonds. The first-order valence-electron chi connectivity index (χ1n) is 8.21. The highest BCUT2D eigenvalue weighted by molar-refractivity contribution is 5.94. The Morgan fingerprint density at radius 3 is 2.61 bits per heavy atom. The van der Waals surface area contributed by atoms with Gasteiger partial charge in [-0.15, -0.1) is 0 Å². The van der Waals surface area contributed by atoms with Gasteiger partial charge >= 0.3 is 0 Å². The molecule has 23 heavy (non-hydrogen) atoms. The summed E-state index contributed by atoms with van der Waals surface area (Å²) in [5, 5.41) is 0. The maximum absolute atomic E-state index is 12.8. The number of imidazole rings is 1. The van der Waals surface area contributed by atoms with Crippen molar-refractivity contribution < 1.29 is 14.3 Å². The molecular formula is C16H24N4O3. The first-order valence-corrected chi connectivity index (χ1v) is 8.21. The van der Waals surface area contributed by atoms with Gasteiger partial charge in [-0.3, -0.25) is 9.59 Å². The Balaban J connectivity index is 1.68. The van der Waals surface area contributed by atoms with Crippen LogP contribution in [0, 0.1) is 12.8 Å². The normalized spacial score (nSPS) is 22.3. The summed E-state index contributed by atoms with van der Waals surface area (Å²) in [5.74, 6) is 0.0360. The van der Waals surface area contributed by atoms with Crippen LogP contribution < -0.4 is 0 Å². The topological polar surface area (TPSA) is 67.7 Å². The molecule has 1 aromatic heterocycles. The van der Waals surface area contributed by atoms with Crippen molar-refractivity contribution in [3.63, 3.8) is 0 Å². The third-order valence-corrected chi connectivity index (χ3v) is 4.70. The van der Waals surface area contributed by atoms with Crippen LogP contribution in [0.3, 0.4) is 0 Å². The molecule has 7 heteroatoms. The van der Waals surface area contributed by atoms with Gasteiger partial charge in [0.2, 0.25) is 5.91 Å². The standard InChI is InChI=1S/C16H24N4O3/c1-12-14(18(2)11-17-12)16(22)20-5-3-4-13(10-20)15(21)19-6-8-23-9-7-19/h11,13H,3-10H2,1-2H3/t13-/m0/s1. The molecular weight excluding hydrogens is 296 g/mol. The van der Waals surface area contributed by atoms with Crippen molar-refractivity contribution in [3.05, 3.63) is 17.7 Å². The summed E-state index contributed by atoms with van der Waals surface area (Å²) in [6.45, 7) is 5.57. The van der Waals surface area contributed by atoms with Crippen LogP contribution >= 0.6 is 0 Å². The van der Waals surface area contributed by atoms with E-state index in [2.05, 4.69) is 4.98 Å². The second-order valence-electron chi connectivity index (χ2n) is 6.32. The molecule has 1 aromatic rings. The minimum absolute atomic E-state index is 0.0259. The van der Waals surface area contributed by atoms with Gasteiger partial charge in [-0.25, -0.2) is 4.98 Å². The van der Waals surface area contributed by atoms with E-state index in [1.165, 1.54) is 0 Å². The molecule has 0 saturated carbocycles. The molecule has 1 atom stereocenters. The Labute approximate surface area is 136 Å². The zero-order valence-corrected chi connectivity index (χ0v) is 13.8. The summed E-state index contributed by atoms with van der Waals surface area (Å²) < 4.78 is 7.06. The number of carbonyl (C=O) groups excluding carboxylic acids is 2. The summed E-state index contributed by atoms with van der Waals surface area (Å²) in [6.07, 6.45) is 3.37. The molecule has 0 aliphatic carbocycles. The van der Waals surface area contributed by atoms with Gasteiger partial charge < -0.3 is 19.1 Å². The SMILES string of the molecule is Cc1ncn(C)c1C(=O)N1CCC[C@H](C(=O)N2CCOCC2)C1. The number of amides is 2. The quantitative estimate of drug-likeness (QED) is 0.793. The average molecular weight is 320 g/mol. The third-order valence-electron chi connectivity index (χ3n) is 4.70. The number of aromatic nitrogens is 2. The first kappa shape index (κ1) is 16.0. The zero-order valence-electron chi connectivity index (χ0n) is 13.8. The Bertz CT molecular complexity index is 573. The molecule has 2 aliphatic rings. The van der Waals surface area contributed by atoms with Gasteiger partial charge in [-0.05, 0) is 19.8 Å². The number of nitrogens with zero attached hydrogens (tertiary/aromatic N) is 4. The second kappa shape index (κ2) is 6.70. The van der Waals surface area contributed by atoms with Crippen LogP contribution in [-0.2, 0) is 16.6 Å². The van der Waals surface area contributed by atoms with E-state index in [0.29, 0.717) is 45.1 Å². The van der Waals surface area contributed by atoms with Crippen LogP contribution in [0.4, 0.5) is 0 Å². The monoisotopic (exact) mass is 320 g/mol. The lowest BCUT2D eigenvalue weighted by Crippen LogP contribution is -2.49. The number of likely N-dealkylation sites (tertiary alicyclic amines) is 1. The molecule has 2 fully saturated rings. The van der Waals surface area contributed by atoms with Crippen molar-refractivity contribution in [2.75, 3.05) is 39.4 Å². The smallest absolute Gasteiger partial charge is 0.272 e. The molecule has 3 rings (SSSR count). The summed E-state index contributed by atoms with van der Waals surface area (Å²) in [5.41, 5.74) is 1.35. The van der Waals surface area contributed by atoms with Crippen molar-refractivity contribution in [3.8, 4) is 0 Å². The van der Waals surface area contributed by atoms with Gasteiger partial charge in [-0.2, -0.15) is 0 Å². The van der Waals surface area contributed by atoms with E-state index < -0.39 is 0 Å². The van der Waals surface area contributed by atoms with Gasteiger partial charge in [0.25, 0.3) is 5.91 Å². The Kier molecular flexibility index (Phi) is 4.66. The van der Waals surface area contributed by atoms with Crippen molar-refractivity contribution in [1.82, 2.24) is 19.4 Å². The van der Waals surface area contributed by atoms with Crippen molar-refractivity contribution in [2.24, 2.45) is 13.0 Å². The fraction of sp³-hybridized carbons (Fsp3) is 0.688. The summed E-state index contributed by atoms with van der Waals surface area (Å²) in [4.78, 5) is 33.3. The van der Waals surface area contributed by atoms with E-state index in [1.807, 2.05) is 18.9 Å². The molecule has 0 spiro atoms.